The van der Waals surface area contributed by atoms with Gasteiger partial charge in [-0.15, -0.1) is 0 Å². The van der Waals surface area contributed by atoms with Gasteiger partial charge in [0.25, 0.3) is 10.1 Å². The molecule has 4 N–H and O–H groups in total. The lowest BCUT2D eigenvalue weighted by Crippen LogP contribution is -2.60. The third-order valence-electron chi connectivity index (χ3n) is 12.6. The van der Waals surface area contributed by atoms with E-state index in [1.54, 1.807) is 12.2 Å². The molecule has 0 aromatic heterocycles. The Labute approximate surface area is 402 Å². The summed E-state index contributed by atoms with van der Waals surface area (Å²) in [5, 5.41) is 30.9. The molecular weight excluding hydrogens is 861 g/mol. The van der Waals surface area contributed by atoms with Crippen LogP contribution in [0.1, 0.15) is 245 Å². The molecule has 0 radical (unpaired) electrons. The van der Waals surface area contributed by atoms with E-state index < -0.39 is 71.2 Å². The van der Waals surface area contributed by atoms with Crippen LogP contribution in [0.2, 0.25) is 0 Å². The number of ether oxygens (including phenoxy) is 4. The molecule has 66 heavy (non-hydrogen) atoms. The summed E-state index contributed by atoms with van der Waals surface area (Å²) in [6.45, 7) is 3.71. The quantitative estimate of drug-likeness (QED) is 0.0149. The summed E-state index contributed by atoms with van der Waals surface area (Å²) in [5.74, 6) is -2.23. The minimum absolute atomic E-state index is 0.205. The molecule has 13 heteroatoms. The number of carbonyl (C=O) groups is 2. The van der Waals surface area contributed by atoms with Crippen LogP contribution in [0.25, 0.3) is 0 Å². The summed E-state index contributed by atoms with van der Waals surface area (Å²) in [4.78, 5) is 25.4. The van der Waals surface area contributed by atoms with Gasteiger partial charge in [-0.3, -0.25) is 9.35 Å². The van der Waals surface area contributed by atoms with Crippen molar-refractivity contribution in [3.63, 3.8) is 0 Å². The van der Waals surface area contributed by atoms with E-state index in [2.05, 4.69) is 13.8 Å². The number of aliphatic hydroxyl groups excluding tert-OH is 3. The Morgan fingerprint density at radius 3 is 1.38 bits per heavy atom. The molecule has 1 aliphatic heterocycles. The molecule has 1 saturated heterocycles. The van der Waals surface area contributed by atoms with Crippen molar-refractivity contribution in [2.75, 3.05) is 19.0 Å². The van der Waals surface area contributed by atoms with Gasteiger partial charge in [0.15, 0.2) is 12.4 Å². The minimum atomic E-state index is -4.61. The van der Waals surface area contributed by atoms with E-state index in [0.29, 0.717) is 6.42 Å². The number of rotatable bonds is 46. The van der Waals surface area contributed by atoms with Gasteiger partial charge in [-0.1, -0.05) is 238 Å². The van der Waals surface area contributed by atoms with E-state index in [4.69, 9.17) is 18.9 Å². The van der Waals surface area contributed by atoms with E-state index in [1.807, 2.05) is 6.08 Å². The average molecular weight is 959 g/mol. The van der Waals surface area contributed by atoms with E-state index in [1.165, 1.54) is 186 Å². The molecule has 1 aliphatic rings. The first-order valence-corrected chi connectivity index (χ1v) is 28.5. The van der Waals surface area contributed by atoms with Crippen molar-refractivity contribution in [2.24, 2.45) is 0 Å². The SMILES string of the molecule is CCCCCCCCCCCCC/C=C/C=C/C(=O)O[C@H](COC(=O)CCCCCCCCCCCCCCCCCCCCCCCCC)CO[C@H]1O[C@H](CS(=O)(=O)O)[C@@H](O)C(O)C1O. The zero-order chi connectivity index (χ0) is 48.4. The van der Waals surface area contributed by atoms with Crippen LogP contribution in [-0.2, 0) is 38.7 Å². The molecule has 1 heterocycles. The van der Waals surface area contributed by atoms with Crippen molar-refractivity contribution < 1.29 is 56.8 Å². The normalized spacial score (nSPS) is 19.5. The molecule has 2 unspecified atom stereocenters. The van der Waals surface area contributed by atoms with Crippen LogP contribution >= 0.6 is 0 Å². The van der Waals surface area contributed by atoms with Crippen molar-refractivity contribution in [3.05, 3.63) is 24.3 Å². The van der Waals surface area contributed by atoms with E-state index in [0.717, 1.165) is 38.5 Å². The maximum absolute atomic E-state index is 12.7. The molecule has 0 bridgehead atoms. The number of aliphatic hydroxyl groups is 3. The van der Waals surface area contributed by atoms with Crippen LogP contribution in [0.3, 0.4) is 0 Å². The summed E-state index contributed by atoms with van der Waals surface area (Å²) < 4.78 is 54.0. The maximum Gasteiger partial charge on any atom is 0.331 e. The lowest BCUT2D eigenvalue weighted by Gasteiger charge is -2.40. The van der Waals surface area contributed by atoms with Gasteiger partial charge < -0.3 is 34.3 Å². The molecule has 0 saturated carbocycles. The number of esters is 2. The van der Waals surface area contributed by atoms with Gasteiger partial charge in [0.2, 0.25) is 0 Å². The molecule has 0 aromatic carbocycles. The number of hydrogen-bond donors (Lipinski definition) is 4. The van der Waals surface area contributed by atoms with E-state index >= 15 is 0 Å². The first kappa shape index (κ1) is 62.1. The van der Waals surface area contributed by atoms with E-state index in [-0.39, 0.29) is 13.0 Å². The standard InChI is InChI=1S/C53H98O12S/c1-3-5-7-9-11-13-15-17-19-20-21-22-23-24-25-26-28-29-31-33-35-37-39-41-48(54)62-43-46(44-63-53-52(58)51(57)50(56)47(65-53)45-66(59,60)61)64-49(55)42-40-38-36-34-32-30-27-18-16-14-12-10-8-6-4-2/h36,38,40,42,46-47,50-53,56-58H,3-35,37,39,41,43-45H2,1-2H3,(H,59,60,61)/b38-36+,42-40+/t46-,47-,50-,51?,52?,53+/m1/s1. The van der Waals surface area contributed by atoms with Crippen molar-refractivity contribution in [1.82, 2.24) is 0 Å². The number of hydrogen-bond acceptors (Lipinski definition) is 11. The fourth-order valence-electron chi connectivity index (χ4n) is 8.47. The molecule has 1 fully saturated rings. The number of allylic oxidation sites excluding steroid dienone is 3. The molecule has 6 atom stereocenters. The minimum Gasteiger partial charge on any atom is -0.462 e. The molecule has 12 nitrogen and oxygen atoms in total. The second-order valence-electron chi connectivity index (χ2n) is 19.0. The number of carbonyl (C=O) groups excluding carboxylic acids is 2. The zero-order valence-electron chi connectivity index (χ0n) is 41.8. The average Bonchev–Trinajstić information content (AvgIpc) is 3.28. The van der Waals surface area contributed by atoms with Crippen LogP contribution in [0.4, 0.5) is 0 Å². The molecule has 0 amide bonds. The Morgan fingerprint density at radius 1 is 0.545 bits per heavy atom. The summed E-state index contributed by atoms with van der Waals surface area (Å²) in [6, 6.07) is 0. The van der Waals surface area contributed by atoms with Gasteiger partial charge in [0.05, 0.1) is 6.61 Å². The van der Waals surface area contributed by atoms with Crippen LogP contribution in [0.5, 0.6) is 0 Å². The van der Waals surface area contributed by atoms with Crippen molar-refractivity contribution in [2.45, 2.75) is 282 Å². The predicted molar refractivity (Wildman–Crippen MR) is 266 cm³/mol. The Bertz CT molecular complexity index is 1310. The van der Waals surface area contributed by atoms with Crippen molar-refractivity contribution in [3.8, 4) is 0 Å². The second-order valence-corrected chi connectivity index (χ2v) is 20.5. The first-order valence-electron chi connectivity index (χ1n) is 26.9. The maximum atomic E-state index is 12.7. The van der Waals surface area contributed by atoms with E-state index in [9.17, 15) is 37.9 Å². The smallest absolute Gasteiger partial charge is 0.331 e. The van der Waals surface area contributed by atoms with Gasteiger partial charge >= 0.3 is 11.9 Å². The lowest BCUT2D eigenvalue weighted by molar-refractivity contribution is -0.297. The van der Waals surface area contributed by atoms with Crippen LogP contribution in [0.15, 0.2) is 24.3 Å². The van der Waals surface area contributed by atoms with Crippen LogP contribution in [-0.4, -0.2) is 96.0 Å². The predicted octanol–water partition coefficient (Wildman–Crippen LogP) is 12.3. The molecule has 0 spiro atoms. The summed E-state index contributed by atoms with van der Waals surface area (Å²) in [7, 11) is -4.61. The third-order valence-corrected chi connectivity index (χ3v) is 13.4. The topological polar surface area (TPSA) is 186 Å². The third kappa shape index (κ3) is 37.1. The van der Waals surface area contributed by atoms with Gasteiger partial charge in [0.1, 0.15) is 36.8 Å². The highest BCUT2D eigenvalue weighted by Gasteiger charge is 2.46. The summed E-state index contributed by atoms with van der Waals surface area (Å²) >= 11 is 0. The van der Waals surface area contributed by atoms with Gasteiger partial charge in [-0.25, -0.2) is 4.79 Å². The highest BCUT2D eigenvalue weighted by Crippen LogP contribution is 2.24. The summed E-state index contributed by atoms with van der Waals surface area (Å²) in [5.41, 5.74) is 0. The first-order chi connectivity index (χ1) is 32.0. The monoisotopic (exact) mass is 959 g/mol. The summed E-state index contributed by atoms with van der Waals surface area (Å²) in [6.07, 6.45) is 41.5. The highest BCUT2D eigenvalue weighted by molar-refractivity contribution is 7.85. The zero-order valence-corrected chi connectivity index (χ0v) is 42.6. The fraction of sp³-hybridized carbons (Fsp3) is 0.887. The molecule has 1 rings (SSSR count). The van der Waals surface area contributed by atoms with Crippen molar-refractivity contribution >= 4 is 22.1 Å². The molecule has 0 aliphatic carbocycles. The van der Waals surface area contributed by atoms with Crippen LogP contribution < -0.4 is 0 Å². The van der Waals surface area contributed by atoms with Gasteiger partial charge in [-0.2, -0.15) is 8.42 Å². The highest BCUT2D eigenvalue weighted by atomic mass is 32.2. The lowest BCUT2D eigenvalue weighted by atomic mass is 10.00. The van der Waals surface area contributed by atoms with Gasteiger partial charge in [0, 0.05) is 12.5 Å². The van der Waals surface area contributed by atoms with Crippen LogP contribution in [0, 0.1) is 0 Å². The number of unbranched alkanes of at least 4 members (excludes halogenated alkanes) is 33. The molecule has 388 valence electrons. The molecule has 0 aromatic rings. The Morgan fingerprint density at radius 2 is 0.955 bits per heavy atom. The second kappa shape index (κ2) is 43.2. The fourth-order valence-corrected chi connectivity index (χ4v) is 9.16. The Kier molecular flexibility index (Phi) is 40.7. The largest absolute Gasteiger partial charge is 0.462 e. The molecular formula is C53H98O12S. The van der Waals surface area contributed by atoms with Gasteiger partial charge in [-0.05, 0) is 19.3 Å². The Hall–Kier alpha value is -1.87. The Balaban J connectivity index is 2.34. The van der Waals surface area contributed by atoms with Crippen molar-refractivity contribution in [1.29, 1.82) is 0 Å².